The fraction of sp³-hybridized carbons (Fsp3) is 0.0769. The number of thiophene rings is 1. The van der Waals surface area contributed by atoms with E-state index < -0.39 is 5.97 Å². The number of carboxylic acid groups (broad SMARTS) is 1. The van der Waals surface area contributed by atoms with E-state index in [0.717, 1.165) is 4.88 Å². The summed E-state index contributed by atoms with van der Waals surface area (Å²) in [6.07, 6.45) is 2.72. The molecule has 0 fully saturated rings. The Morgan fingerprint density at radius 3 is 3.10 bits per heavy atom. The highest BCUT2D eigenvalue weighted by Crippen LogP contribution is 2.22. The van der Waals surface area contributed by atoms with E-state index in [1.54, 1.807) is 0 Å². The summed E-state index contributed by atoms with van der Waals surface area (Å²) in [4.78, 5) is 19.9. The monoisotopic (exact) mass is 303 g/mol. The topological polar surface area (TPSA) is 98.3 Å². The van der Waals surface area contributed by atoms with E-state index in [4.69, 9.17) is 14.4 Å². The summed E-state index contributed by atoms with van der Waals surface area (Å²) < 4.78 is 10.4. The van der Waals surface area contributed by atoms with Crippen molar-refractivity contribution in [3.63, 3.8) is 0 Å². The molecule has 21 heavy (non-hydrogen) atoms. The van der Waals surface area contributed by atoms with Crippen LogP contribution in [0.25, 0.3) is 10.7 Å². The van der Waals surface area contributed by atoms with E-state index in [1.165, 1.54) is 29.8 Å². The van der Waals surface area contributed by atoms with Gasteiger partial charge in [-0.1, -0.05) is 11.2 Å². The van der Waals surface area contributed by atoms with Crippen LogP contribution in [0.3, 0.4) is 0 Å². The maximum absolute atomic E-state index is 11.0. The minimum Gasteiger partial charge on any atom is -0.481 e. The quantitative estimate of drug-likeness (QED) is 0.773. The van der Waals surface area contributed by atoms with Gasteiger partial charge in [-0.05, 0) is 17.5 Å². The van der Waals surface area contributed by atoms with E-state index in [9.17, 15) is 4.79 Å². The van der Waals surface area contributed by atoms with Crippen LogP contribution in [0.1, 0.15) is 16.2 Å². The second kappa shape index (κ2) is 5.71. The Bertz CT molecular complexity index is 754. The molecule has 0 saturated heterocycles. The minimum absolute atomic E-state index is 0.0235. The van der Waals surface area contributed by atoms with E-state index in [2.05, 4.69) is 15.1 Å². The van der Waals surface area contributed by atoms with Gasteiger partial charge in [-0.3, -0.25) is 4.98 Å². The van der Waals surface area contributed by atoms with Crippen molar-refractivity contribution in [2.24, 2.45) is 0 Å². The molecule has 3 heterocycles. The average molecular weight is 303 g/mol. The number of carbonyl (C=O) groups is 1. The Balaban J connectivity index is 1.73. The summed E-state index contributed by atoms with van der Waals surface area (Å²) in [5, 5.41) is 14.8. The number of carboxylic acids is 1. The fourth-order valence-corrected chi connectivity index (χ4v) is 2.28. The largest absolute Gasteiger partial charge is 0.481 e. The zero-order valence-electron chi connectivity index (χ0n) is 10.6. The van der Waals surface area contributed by atoms with Gasteiger partial charge < -0.3 is 14.4 Å². The summed E-state index contributed by atoms with van der Waals surface area (Å²) in [5.41, 5.74) is 0.0306. The molecule has 3 aromatic rings. The van der Waals surface area contributed by atoms with Crippen LogP contribution in [0.4, 0.5) is 0 Å². The molecular formula is C13H9N3O4S. The Hall–Kier alpha value is -2.74. The van der Waals surface area contributed by atoms with Crippen molar-refractivity contribution in [2.45, 2.75) is 6.61 Å². The van der Waals surface area contributed by atoms with Gasteiger partial charge >= 0.3 is 5.97 Å². The highest BCUT2D eigenvalue weighted by molar-refractivity contribution is 7.13. The highest BCUT2D eigenvalue weighted by atomic mass is 32.1. The van der Waals surface area contributed by atoms with Crippen LogP contribution in [0, 0.1) is 0 Å². The van der Waals surface area contributed by atoms with Crippen molar-refractivity contribution < 1.29 is 19.2 Å². The molecule has 0 aliphatic rings. The van der Waals surface area contributed by atoms with E-state index >= 15 is 0 Å². The van der Waals surface area contributed by atoms with Crippen LogP contribution < -0.4 is 4.74 Å². The third kappa shape index (κ3) is 2.90. The maximum Gasteiger partial charge on any atom is 0.339 e. The second-order valence-electron chi connectivity index (χ2n) is 3.95. The van der Waals surface area contributed by atoms with Crippen molar-refractivity contribution in [3.8, 4) is 16.5 Å². The van der Waals surface area contributed by atoms with E-state index in [0.29, 0.717) is 5.82 Å². The molecule has 8 heteroatoms. The summed E-state index contributed by atoms with van der Waals surface area (Å²) in [6.45, 7) is -0.0235. The highest BCUT2D eigenvalue weighted by Gasteiger charge is 2.14. The van der Waals surface area contributed by atoms with Crippen molar-refractivity contribution in [1.29, 1.82) is 0 Å². The van der Waals surface area contributed by atoms with Crippen LogP contribution in [-0.2, 0) is 6.61 Å². The average Bonchev–Trinajstić information content (AvgIpc) is 3.16. The SMILES string of the molecule is O=C(O)c1ccncc1OCc1nc(-c2cccs2)no1. The number of nitrogens with zero attached hydrogens (tertiary/aromatic N) is 3. The van der Waals surface area contributed by atoms with Crippen LogP contribution in [0.5, 0.6) is 5.75 Å². The predicted molar refractivity (Wildman–Crippen MR) is 73.1 cm³/mol. The number of rotatable bonds is 5. The van der Waals surface area contributed by atoms with Crippen molar-refractivity contribution >= 4 is 17.3 Å². The normalized spacial score (nSPS) is 10.5. The fourth-order valence-electron chi connectivity index (χ4n) is 1.63. The predicted octanol–water partition coefficient (Wildman–Crippen LogP) is 2.47. The number of ether oxygens (including phenoxy) is 1. The van der Waals surface area contributed by atoms with Crippen LogP contribution in [0.15, 0.2) is 40.5 Å². The van der Waals surface area contributed by atoms with Crippen molar-refractivity contribution in [1.82, 2.24) is 15.1 Å². The second-order valence-corrected chi connectivity index (χ2v) is 4.90. The van der Waals surface area contributed by atoms with Gasteiger partial charge in [-0.25, -0.2) is 4.79 Å². The first-order valence-corrected chi connectivity index (χ1v) is 6.78. The van der Waals surface area contributed by atoms with Crippen LogP contribution in [0.2, 0.25) is 0 Å². The van der Waals surface area contributed by atoms with Gasteiger partial charge in [0, 0.05) is 6.20 Å². The number of hydrogen-bond acceptors (Lipinski definition) is 7. The van der Waals surface area contributed by atoms with Crippen molar-refractivity contribution in [2.75, 3.05) is 0 Å². The van der Waals surface area contributed by atoms with Gasteiger partial charge in [-0.2, -0.15) is 4.98 Å². The van der Waals surface area contributed by atoms with Gasteiger partial charge in [0.25, 0.3) is 5.89 Å². The Morgan fingerprint density at radius 2 is 2.33 bits per heavy atom. The van der Waals surface area contributed by atoms with E-state index in [1.807, 2.05) is 17.5 Å². The summed E-state index contributed by atoms with van der Waals surface area (Å²) >= 11 is 1.50. The van der Waals surface area contributed by atoms with Gasteiger partial charge in [-0.15, -0.1) is 11.3 Å². The molecular weight excluding hydrogens is 294 g/mol. The third-order valence-corrected chi connectivity index (χ3v) is 3.44. The summed E-state index contributed by atoms with van der Waals surface area (Å²) in [6, 6.07) is 5.13. The zero-order chi connectivity index (χ0) is 14.7. The summed E-state index contributed by atoms with van der Waals surface area (Å²) in [7, 11) is 0. The lowest BCUT2D eigenvalue weighted by Crippen LogP contribution is -2.04. The molecule has 0 radical (unpaired) electrons. The van der Waals surface area contributed by atoms with Gasteiger partial charge in [0.05, 0.1) is 11.1 Å². The molecule has 0 saturated carbocycles. The molecule has 0 bridgehead atoms. The first-order chi connectivity index (χ1) is 10.2. The molecule has 3 rings (SSSR count). The molecule has 0 aromatic carbocycles. The lowest BCUT2D eigenvalue weighted by molar-refractivity contribution is 0.0690. The molecule has 0 unspecified atom stereocenters. The minimum atomic E-state index is -1.09. The van der Waals surface area contributed by atoms with Crippen LogP contribution in [-0.4, -0.2) is 26.2 Å². The maximum atomic E-state index is 11.0. The molecule has 0 aliphatic carbocycles. The molecule has 106 valence electrons. The molecule has 0 atom stereocenters. The standard InChI is InChI=1S/C13H9N3O4S/c17-13(18)8-3-4-14-6-9(8)19-7-11-15-12(16-20-11)10-2-1-5-21-10/h1-6H,7H2,(H,17,18). The number of aromatic nitrogens is 3. The summed E-state index contributed by atoms with van der Waals surface area (Å²) in [5.74, 6) is -0.190. The Kier molecular flexibility index (Phi) is 3.61. The first-order valence-electron chi connectivity index (χ1n) is 5.90. The van der Waals surface area contributed by atoms with Gasteiger partial charge in [0.1, 0.15) is 5.56 Å². The van der Waals surface area contributed by atoms with Crippen molar-refractivity contribution in [3.05, 3.63) is 47.4 Å². The number of aromatic carboxylic acids is 1. The molecule has 1 N–H and O–H groups in total. The van der Waals surface area contributed by atoms with Crippen LogP contribution >= 0.6 is 11.3 Å². The smallest absolute Gasteiger partial charge is 0.339 e. The lowest BCUT2D eigenvalue weighted by atomic mass is 10.2. The van der Waals surface area contributed by atoms with Gasteiger partial charge in [0.15, 0.2) is 12.4 Å². The number of hydrogen-bond donors (Lipinski definition) is 1. The van der Waals surface area contributed by atoms with E-state index in [-0.39, 0.29) is 23.8 Å². The molecule has 3 aromatic heterocycles. The first kappa shape index (κ1) is 13.3. The molecule has 7 nitrogen and oxygen atoms in total. The molecule has 0 amide bonds. The Morgan fingerprint density at radius 1 is 1.43 bits per heavy atom. The number of pyridine rings is 1. The molecule has 0 spiro atoms. The lowest BCUT2D eigenvalue weighted by Gasteiger charge is -2.05. The Labute approximate surface area is 122 Å². The zero-order valence-corrected chi connectivity index (χ0v) is 11.4. The molecule has 0 aliphatic heterocycles. The van der Waals surface area contributed by atoms with Gasteiger partial charge in [0.2, 0.25) is 5.82 Å². The third-order valence-electron chi connectivity index (χ3n) is 2.58.